The molecule has 0 atom stereocenters. The molecule has 0 saturated carbocycles. The maximum absolute atomic E-state index is 10.9. The second-order valence-electron chi connectivity index (χ2n) is 6.20. The molecule has 0 spiro atoms. The van der Waals surface area contributed by atoms with Crippen LogP contribution in [0, 0.1) is 0 Å². The van der Waals surface area contributed by atoms with Crippen molar-refractivity contribution in [2.75, 3.05) is 7.11 Å². The first-order valence-electron chi connectivity index (χ1n) is 8.91. The highest BCUT2D eigenvalue weighted by Gasteiger charge is 2.09. The number of para-hydroxylation sites is 1. The smallest absolute Gasteiger partial charge is 0.161 e. The van der Waals surface area contributed by atoms with Crippen molar-refractivity contribution in [3.8, 4) is 11.5 Å². The number of nitrogens with zero attached hydrogens (tertiary/aromatic N) is 1. The van der Waals surface area contributed by atoms with Gasteiger partial charge in [0.15, 0.2) is 11.5 Å². The van der Waals surface area contributed by atoms with Gasteiger partial charge < -0.3 is 14.4 Å². The predicted molar refractivity (Wildman–Crippen MR) is 111 cm³/mol. The van der Waals surface area contributed by atoms with E-state index in [0.717, 1.165) is 23.8 Å². The molecule has 4 rings (SSSR count). The predicted octanol–water partition coefficient (Wildman–Crippen LogP) is 4.84. The zero-order valence-electron chi connectivity index (χ0n) is 15.8. The van der Waals surface area contributed by atoms with Crippen LogP contribution in [0.25, 0.3) is 21.8 Å². The minimum absolute atomic E-state index is 0.0399. The van der Waals surface area contributed by atoms with Crippen molar-refractivity contribution in [1.29, 1.82) is 0 Å². The molecule has 5 heteroatoms. The maximum atomic E-state index is 10.9. The number of rotatable bonds is 4. The van der Waals surface area contributed by atoms with Crippen LogP contribution in [-0.4, -0.2) is 29.4 Å². The summed E-state index contributed by atoms with van der Waals surface area (Å²) >= 11 is 0. The summed E-state index contributed by atoms with van der Waals surface area (Å²) in [5.41, 5.74) is 3.64. The van der Waals surface area contributed by atoms with Crippen LogP contribution in [0.1, 0.15) is 27.6 Å². The molecule has 5 nitrogen and oxygen atoms in total. The van der Waals surface area contributed by atoms with Gasteiger partial charge in [-0.25, -0.2) is 0 Å². The standard InChI is InChI=1S/C15H13NO.C8H8O3/c1-2-16-14-6-4-3-5-12(14)13-9-11(10-17)7-8-15(13)16;1-11-8-4-6(5-9)2-3-7(8)10/h3-10H,2H2,1H3;2-5,10H,1H3. The minimum Gasteiger partial charge on any atom is -0.504 e. The molecule has 0 saturated heterocycles. The highest BCUT2D eigenvalue weighted by Crippen LogP contribution is 2.29. The number of methoxy groups -OCH3 is 1. The highest BCUT2D eigenvalue weighted by molar-refractivity contribution is 6.09. The van der Waals surface area contributed by atoms with E-state index in [1.165, 1.54) is 41.7 Å². The summed E-state index contributed by atoms with van der Waals surface area (Å²) in [6, 6.07) is 18.6. The molecular formula is C23H21NO4. The molecule has 0 unspecified atom stereocenters. The molecule has 0 amide bonds. The molecule has 3 aromatic carbocycles. The number of ether oxygens (including phenoxy) is 1. The van der Waals surface area contributed by atoms with E-state index in [2.05, 4.69) is 23.6 Å². The summed E-state index contributed by atoms with van der Waals surface area (Å²) < 4.78 is 7.06. The molecule has 142 valence electrons. The monoisotopic (exact) mass is 375 g/mol. The van der Waals surface area contributed by atoms with Gasteiger partial charge >= 0.3 is 0 Å². The van der Waals surface area contributed by atoms with Gasteiger partial charge in [0.25, 0.3) is 0 Å². The molecule has 1 aromatic heterocycles. The highest BCUT2D eigenvalue weighted by atomic mass is 16.5. The Hall–Kier alpha value is -3.60. The molecule has 0 radical (unpaired) electrons. The number of benzene rings is 3. The number of hydrogen-bond acceptors (Lipinski definition) is 4. The molecule has 0 fully saturated rings. The normalized spacial score (nSPS) is 10.4. The average Bonchev–Trinajstić information content (AvgIpc) is 3.07. The molecular weight excluding hydrogens is 354 g/mol. The van der Waals surface area contributed by atoms with E-state index in [9.17, 15) is 9.59 Å². The van der Waals surface area contributed by atoms with Gasteiger partial charge in [0.05, 0.1) is 7.11 Å². The summed E-state index contributed by atoms with van der Waals surface area (Å²) in [6.07, 6.45) is 1.60. The third kappa shape index (κ3) is 3.60. The molecule has 0 aliphatic carbocycles. The van der Waals surface area contributed by atoms with Gasteiger partial charge in [-0.15, -0.1) is 0 Å². The fourth-order valence-electron chi connectivity index (χ4n) is 3.25. The van der Waals surface area contributed by atoms with Crippen molar-refractivity contribution in [2.24, 2.45) is 0 Å². The van der Waals surface area contributed by atoms with Crippen LogP contribution in [-0.2, 0) is 6.54 Å². The number of hydrogen-bond donors (Lipinski definition) is 1. The topological polar surface area (TPSA) is 68.5 Å². The first-order chi connectivity index (χ1) is 13.6. The number of phenolic OH excluding ortho intramolecular Hbond substituents is 1. The molecule has 4 aromatic rings. The number of aldehydes is 2. The van der Waals surface area contributed by atoms with E-state index < -0.39 is 0 Å². The lowest BCUT2D eigenvalue weighted by molar-refractivity contribution is 0.111. The summed E-state index contributed by atoms with van der Waals surface area (Å²) in [4.78, 5) is 21.1. The van der Waals surface area contributed by atoms with Crippen LogP contribution in [0.15, 0.2) is 60.7 Å². The second kappa shape index (κ2) is 8.39. The summed E-state index contributed by atoms with van der Waals surface area (Å²) in [5.74, 6) is 0.354. The molecule has 0 aliphatic rings. The van der Waals surface area contributed by atoms with E-state index in [1.54, 1.807) is 0 Å². The summed E-state index contributed by atoms with van der Waals surface area (Å²) in [5, 5.41) is 11.5. The Kier molecular flexibility index (Phi) is 5.75. The SMILES string of the molecule is CCn1c2ccccc2c2cc(C=O)ccc21.COc1cc(C=O)ccc1O. The average molecular weight is 375 g/mol. The molecule has 28 heavy (non-hydrogen) atoms. The third-order valence-electron chi connectivity index (χ3n) is 4.59. The first-order valence-corrected chi connectivity index (χ1v) is 8.91. The van der Waals surface area contributed by atoms with Crippen LogP contribution in [0.5, 0.6) is 11.5 Å². The quantitative estimate of drug-likeness (QED) is 0.518. The molecule has 0 bridgehead atoms. The Morgan fingerprint density at radius 1 is 0.893 bits per heavy atom. The van der Waals surface area contributed by atoms with Gasteiger partial charge in [0.2, 0.25) is 0 Å². The fraction of sp³-hybridized carbons (Fsp3) is 0.130. The summed E-state index contributed by atoms with van der Waals surface area (Å²) in [7, 11) is 1.43. The van der Waals surface area contributed by atoms with Crippen molar-refractivity contribution in [1.82, 2.24) is 4.57 Å². The molecule has 1 heterocycles. The summed E-state index contributed by atoms with van der Waals surface area (Å²) in [6.45, 7) is 3.07. The minimum atomic E-state index is 0.0399. The van der Waals surface area contributed by atoms with Crippen molar-refractivity contribution >= 4 is 34.4 Å². The number of aromatic nitrogens is 1. The number of phenols is 1. The lowest BCUT2D eigenvalue weighted by Gasteiger charge is -2.02. The van der Waals surface area contributed by atoms with Crippen LogP contribution in [0.4, 0.5) is 0 Å². The number of carbonyl (C=O) groups excluding carboxylic acids is 2. The van der Waals surface area contributed by atoms with Crippen molar-refractivity contribution in [3.05, 3.63) is 71.8 Å². The number of fused-ring (bicyclic) bond motifs is 3. The van der Waals surface area contributed by atoms with Gasteiger partial charge in [0, 0.05) is 39.5 Å². The van der Waals surface area contributed by atoms with Crippen LogP contribution in [0.2, 0.25) is 0 Å². The first kappa shape index (κ1) is 19.2. The van der Waals surface area contributed by atoms with Crippen molar-refractivity contribution < 1.29 is 19.4 Å². The Morgan fingerprint density at radius 2 is 1.54 bits per heavy atom. The number of aromatic hydroxyl groups is 1. The van der Waals surface area contributed by atoms with E-state index in [1.807, 2.05) is 30.3 Å². The second-order valence-corrected chi connectivity index (χ2v) is 6.20. The molecule has 1 N–H and O–H groups in total. The Labute approximate surface area is 162 Å². The lowest BCUT2D eigenvalue weighted by Crippen LogP contribution is -1.92. The maximum Gasteiger partial charge on any atom is 0.161 e. The lowest BCUT2D eigenvalue weighted by atomic mass is 10.1. The van der Waals surface area contributed by atoms with Gasteiger partial charge in [-0.3, -0.25) is 9.59 Å². The van der Waals surface area contributed by atoms with Crippen LogP contribution < -0.4 is 4.74 Å². The fourth-order valence-corrected chi connectivity index (χ4v) is 3.25. The van der Waals surface area contributed by atoms with E-state index in [0.29, 0.717) is 17.6 Å². The van der Waals surface area contributed by atoms with Gasteiger partial charge in [-0.05, 0) is 49.4 Å². The largest absolute Gasteiger partial charge is 0.504 e. The van der Waals surface area contributed by atoms with Crippen LogP contribution in [0.3, 0.4) is 0 Å². The Bertz CT molecular complexity index is 1140. The third-order valence-corrected chi connectivity index (χ3v) is 4.59. The van der Waals surface area contributed by atoms with Gasteiger partial charge in [-0.1, -0.05) is 18.2 Å². The van der Waals surface area contributed by atoms with Crippen LogP contribution >= 0.6 is 0 Å². The Balaban J connectivity index is 0.000000178. The van der Waals surface area contributed by atoms with Crippen molar-refractivity contribution in [3.63, 3.8) is 0 Å². The van der Waals surface area contributed by atoms with E-state index in [-0.39, 0.29) is 5.75 Å². The van der Waals surface area contributed by atoms with E-state index >= 15 is 0 Å². The van der Waals surface area contributed by atoms with Gasteiger partial charge in [-0.2, -0.15) is 0 Å². The number of carbonyl (C=O) groups is 2. The zero-order chi connectivity index (χ0) is 20.1. The van der Waals surface area contributed by atoms with E-state index in [4.69, 9.17) is 9.84 Å². The van der Waals surface area contributed by atoms with Crippen molar-refractivity contribution in [2.45, 2.75) is 13.5 Å². The molecule has 0 aliphatic heterocycles. The number of aryl methyl sites for hydroxylation is 1. The zero-order valence-corrected chi connectivity index (χ0v) is 15.8. The Morgan fingerprint density at radius 3 is 2.21 bits per heavy atom. The van der Waals surface area contributed by atoms with Gasteiger partial charge in [0.1, 0.15) is 12.6 Å².